The van der Waals surface area contributed by atoms with Crippen molar-refractivity contribution in [2.24, 2.45) is 0 Å². The molecule has 322 valence electrons. The lowest BCUT2D eigenvalue weighted by molar-refractivity contribution is -0.131. The third kappa shape index (κ3) is 40.3. The number of allylic oxidation sites excluding steroid dienone is 7. The van der Waals surface area contributed by atoms with Crippen LogP contribution in [0.5, 0.6) is 0 Å². The molecule has 0 aromatic carbocycles. The molecule has 0 aromatic rings. The van der Waals surface area contributed by atoms with Gasteiger partial charge in [-0.3, -0.25) is 4.79 Å². The molecule has 5 nitrogen and oxygen atoms in total. The highest BCUT2D eigenvalue weighted by Crippen LogP contribution is 2.16. The maximum atomic E-state index is 12.4. The molecule has 4 N–H and O–H groups in total. The highest BCUT2D eigenvalue weighted by Gasteiger charge is 2.22. The van der Waals surface area contributed by atoms with Gasteiger partial charge in [0, 0.05) is 0 Å². The molecule has 3 unspecified atom stereocenters. The highest BCUT2D eigenvalue weighted by molar-refractivity contribution is 5.80. The van der Waals surface area contributed by atoms with E-state index in [2.05, 4.69) is 55.6 Å². The van der Waals surface area contributed by atoms with E-state index < -0.39 is 24.2 Å². The third-order valence-corrected chi connectivity index (χ3v) is 10.9. The summed E-state index contributed by atoms with van der Waals surface area (Å²) < 4.78 is 0. The molecule has 0 aliphatic heterocycles. The SMILES string of the molecule is CCC/C=C/CC/C=C/CC/C=C/C(O)C(CO)NC(=O)C(O)CCCCCCCCCCCCCCCC/C=C\CCCCCCCCCCCCCC. The monoisotopic (exact) mass is 772 g/mol. The molecule has 0 radical (unpaired) electrons. The van der Waals surface area contributed by atoms with E-state index >= 15 is 0 Å². The number of carbonyl (C=O) groups excluding carboxylic acids is 1. The second-order valence-corrected chi connectivity index (χ2v) is 16.3. The lowest BCUT2D eigenvalue weighted by Gasteiger charge is -2.21. The molecule has 0 aromatic heterocycles. The van der Waals surface area contributed by atoms with Crippen molar-refractivity contribution in [3.8, 4) is 0 Å². The van der Waals surface area contributed by atoms with Crippen molar-refractivity contribution in [1.29, 1.82) is 0 Å². The summed E-state index contributed by atoms with van der Waals surface area (Å²) in [7, 11) is 0. The van der Waals surface area contributed by atoms with Crippen LogP contribution >= 0.6 is 0 Å². The number of nitrogens with one attached hydrogen (secondary N) is 1. The molecule has 0 rings (SSSR count). The smallest absolute Gasteiger partial charge is 0.249 e. The number of amides is 1. The Balaban J connectivity index is 3.55. The van der Waals surface area contributed by atoms with Crippen LogP contribution in [-0.4, -0.2) is 46.1 Å². The van der Waals surface area contributed by atoms with Crippen molar-refractivity contribution < 1.29 is 20.1 Å². The van der Waals surface area contributed by atoms with Crippen LogP contribution in [0.2, 0.25) is 0 Å². The zero-order valence-corrected chi connectivity index (χ0v) is 36.6. The average Bonchev–Trinajstić information content (AvgIpc) is 3.19. The van der Waals surface area contributed by atoms with E-state index in [1.54, 1.807) is 6.08 Å². The minimum absolute atomic E-state index is 0.382. The van der Waals surface area contributed by atoms with Crippen LogP contribution in [0.4, 0.5) is 0 Å². The third-order valence-electron chi connectivity index (χ3n) is 10.9. The fraction of sp³-hybridized carbons (Fsp3) is 0.820. The number of hydrogen-bond acceptors (Lipinski definition) is 4. The largest absolute Gasteiger partial charge is 0.394 e. The number of hydrogen-bond donors (Lipinski definition) is 4. The summed E-state index contributed by atoms with van der Waals surface area (Å²) in [5.41, 5.74) is 0. The second-order valence-electron chi connectivity index (χ2n) is 16.3. The van der Waals surface area contributed by atoms with Crippen LogP contribution in [0.25, 0.3) is 0 Å². The molecular formula is C50H93NO4. The van der Waals surface area contributed by atoms with Gasteiger partial charge in [-0.2, -0.15) is 0 Å². The standard InChI is InChI=1S/C50H93NO4/c1-3-5-7-9-11-13-15-16-17-18-19-20-21-22-23-24-25-26-27-28-29-30-31-32-33-35-37-39-41-43-45-49(54)50(55)51-47(46-52)48(53)44-42-40-38-36-34-14-12-10-8-6-4-2/h8,10,22-23,34,36,42,44,47-49,52-54H,3-7,9,11-21,24-33,35,37-41,43,45-46H2,1-2H3,(H,51,55)/b10-8+,23-22-,36-34+,44-42+. The van der Waals surface area contributed by atoms with Crippen molar-refractivity contribution in [2.45, 2.75) is 257 Å². The van der Waals surface area contributed by atoms with Gasteiger partial charge in [0.1, 0.15) is 6.10 Å². The summed E-state index contributed by atoms with van der Waals surface area (Å²) in [5, 5.41) is 33.0. The van der Waals surface area contributed by atoms with Gasteiger partial charge in [0.2, 0.25) is 5.91 Å². The van der Waals surface area contributed by atoms with Crippen molar-refractivity contribution in [2.75, 3.05) is 6.61 Å². The lowest BCUT2D eigenvalue weighted by Crippen LogP contribution is -2.48. The maximum Gasteiger partial charge on any atom is 0.249 e. The van der Waals surface area contributed by atoms with E-state index in [1.165, 1.54) is 167 Å². The molecule has 0 fully saturated rings. The van der Waals surface area contributed by atoms with Crippen molar-refractivity contribution in [3.63, 3.8) is 0 Å². The quantitative estimate of drug-likeness (QED) is 0.0367. The van der Waals surface area contributed by atoms with Crippen LogP contribution in [-0.2, 0) is 4.79 Å². The van der Waals surface area contributed by atoms with Crippen molar-refractivity contribution in [3.05, 3.63) is 48.6 Å². The first-order chi connectivity index (χ1) is 27.1. The van der Waals surface area contributed by atoms with Crippen LogP contribution in [0.15, 0.2) is 48.6 Å². The molecule has 3 atom stereocenters. The van der Waals surface area contributed by atoms with E-state index in [4.69, 9.17) is 0 Å². The molecule has 0 saturated heterocycles. The Hall–Kier alpha value is -1.69. The summed E-state index contributed by atoms with van der Waals surface area (Å²) in [6.45, 7) is 4.09. The first-order valence-electron chi connectivity index (χ1n) is 24.0. The number of carbonyl (C=O) groups is 1. The van der Waals surface area contributed by atoms with Gasteiger partial charge in [-0.05, 0) is 64.2 Å². The Kier molecular flexibility index (Phi) is 43.6. The van der Waals surface area contributed by atoms with Gasteiger partial charge < -0.3 is 20.6 Å². The van der Waals surface area contributed by atoms with E-state index in [0.717, 1.165) is 51.4 Å². The van der Waals surface area contributed by atoms with Gasteiger partial charge in [0.15, 0.2) is 0 Å². The predicted molar refractivity (Wildman–Crippen MR) is 241 cm³/mol. The van der Waals surface area contributed by atoms with Crippen molar-refractivity contribution in [1.82, 2.24) is 5.32 Å². The van der Waals surface area contributed by atoms with Gasteiger partial charge >= 0.3 is 0 Å². The molecule has 0 aliphatic carbocycles. The Morgan fingerprint density at radius 1 is 0.436 bits per heavy atom. The zero-order chi connectivity index (χ0) is 40.1. The molecule has 5 heteroatoms. The van der Waals surface area contributed by atoms with Crippen LogP contribution in [0, 0.1) is 0 Å². The molecule has 0 spiro atoms. The highest BCUT2D eigenvalue weighted by atomic mass is 16.3. The summed E-state index contributed by atoms with van der Waals surface area (Å²) in [6.07, 6.45) is 58.9. The Bertz CT molecular complexity index is 896. The second kappa shape index (κ2) is 45.0. The van der Waals surface area contributed by atoms with Gasteiger partial charge in [0.05, 0.1) is 18.8 Å². The zero-order valence-electron chi connectivity index (χ0n) is 36.6. The molecule has 1 amide bonds. The average molecular weight is 772 g/mol. The van der Waals surface area contributed by atoms with Gasteiger partial charge in [-0.15, -0.1) is 0 Å². The van der Waals surface area contributed by atoms with E-state index in [-0.39, 0.29) is 6.61 Å². The summed E-state index contributed by atoms with van der Waals surface area (Å²) in [5.74, 6) is -0.519. The molecule has 0 saturated carbocycles. The first kappa shape index (κ1) is 53.3. The Morgan fingerprint density at radius 2 is 0.782 bits per heavy atom. The Morgan fingerprint density at radius 3 is 1.18 bits per heavy atom. The molecule has 0 aliphatic rings. The van der Waals surface area contributed by atoms with Gasteiger partial charge in [-0.25, -0.2) is 0 Å². The molecule has 55 heavy (non-hydrogen) atoms. The minimum atomic E-state index is -1.11. The fourth-order valence-electron chi connectivity index (χ4n) is 7.10. The van der Waals surface area contributed by atoms with E-state index in [0.29, 0.717) is 6.42 Å². The maximum absolute atomic E-state index is 12.4. The van der Waals surface area contributed by atoms with Crippen LogP contribution in [0.1, 0.15) is 239 Å². The number of unbranched alkanes of at least 4 members (excludes halogenated alkanes) is 29. The van der Waals surface area contributed by atoms with Crippen LogP contribution < -0.4 is 5.32 Å². The Labute approximate surface area is 342 Å². The van der Waals surface area contributed by atoms with E-state index in [1.807, 2.05) is 6.08 Å². The molecule has 0 heterocycles. The first-order valence-corrected chi connectivity index (χ1v) is 24.0. The summed E-state index contributed by atoms with van der Waals surface area (Å²) >= 11 is 0. The summed E-state index contributed by atoms with van der Waals surface area (Å²) in [6, 6.07) is -0.820. The van der Waals surface area contributed by atoms with Crippen LogP contribution in [0.3, 0.4) is 0 Å². The number of rotatable bonds is 43. The van der Waals surface area contributed by atoms with Crippen molar-refractivity contribution >= 4 is 5.91 Å². The molecule has 0 bridgehead atoms. The molecular weight excluding hydrogens is 679 g/mol. The number of aliphatic hydroxyl groups is 3. The topological polar surface area (TPSA) is 89.8 Å². The minimum Gasteiger partial charge on any atom is -0.394 e. The normalized spacial score (nSPS) is 13.9. The lowest BCUT2D eigenvalue weighted by atomic mass is 10.0. The van der Waals surface area contributed by atoms with E-state index in [9.17, 15) is 20.1 Å². The van der Waals surface area contributed by atoms with Gasteiger partial charge in [0.25, 0.3) is 0 Å². The van der Waals surface area contributed by atoms with Gasteiger partial charge in [-0.1, -0.05) is 223 Å². The summed E-state index contributed by atoms with van der Waals surface area (Å²) in [4.78, 5) is 12.4. The predicted octanol–water partition coefficient (Wildman–Crippen LogP) is 14.1. The number of aliphatic hydroxyl groups excluding tert-OH is 3. The fourth-order valence-corrected chi connectivity index (χ4v) is 7.10.